The molecule has 0 aliphatic carbocycles. The molecule has 74 valence electrons. The molecule has 0 aromatic carbocycles. The first-order chi connectivity index (χ1) is 6.75. The van der Waals surface area contributed by atoms with Gasteiger partial charge in [-0.15, -0.1) is 11.3 Å². The lowest BCUT2D eigenvalue weighted by molar-refractivity contribution is 0.720. The van der Waals surface area contributed by atoms with Gasteiger partial charge in [-0.1, -0.05) is 0 Å². The summed E-state index contributed by atoms with van der Waals surface area (Å²) in [6, 6.07) is 1.98. The summed E-state index contributed by atoms with van der Waals surface area (Å²) >= 11 is 4.89. The van der Waals surface area contributed by atoms with E-state index >= 15 is 0 Å². The molecule has 0 aliphatic heterocycles. The number of anilines is 1. The number of halogens is 1. The van der Waals surface area contributed by atoms with Crippen molar-refractivity contribution >= 4 is 32.4 Å². The Morgan fingerprint density at radius 3 is 3.07 bits per heavy atom. The first kappa shape index (κ1) is 9.67. The third kappa shape index (κ3) is 2.13. The van der Waals surface area contributed by atoms with Gasteiger partial charge < -0.3 is 5.32 Å². The van der Waals surface area contributed by atoms with Crippen molar-refractivity contribution < 1.29 is 0 Å². The van der Waals surface area contributed by atoms with Crippen molar-refractivity contribution in [1.82, 2.24) is 14.8 Å². The van der Waals surface area contributed by atoms with Crippen LogP contribution in [0.2, 0.25) is 0 Å². The highest BCUT2D eigenvalue weighted by Gasteiger charge is 2.01. The van der Waals surface area contributed by atoms with E-state index < -0.39 is 0 Å². The van der Waals surface area contributed by atoms with Gasteiger partial charge in [0.1, 0.15) is 4.60 Å². The molecule has 1 N–H and O–H groups in total. The Kier molecular flexibility index (Phi) is 2.83. The number of nitrogens with one attached hydrogen (secondary N) is 1. The van der Waals surface area contributed by atoms with E-state index in [0.29, 0.717) is 0 Å². The van der Waals surface area contributed by atoms with Crippen LogP contribution >= 0.6 is 27.3 Å². The van der Waals surface area contributed by atoms with E-state index in [2.05, 4.69) is 31.3 Å². The molecule has 0 spiro atoms. The lowest BCUT2D eigenvalue weighted by atomic mass is 10.4. The van der Waals surface area contributed by atoms with Gasteiger partial charge in [-0.05, 0) is 22.0 Å². The Morgan fingerprint density at radius 2 is 2.50 bits per heavy atom. The number of aryl methyl sites for hydroxylation is 1. The van der Waals surface area contributed by atoms with Crippen LogP contribution in [0.25, 0.3) is 0 Å². The van der Waals surface area contributed by atoms with Gasteiger partial charge in [0.25, 0.3) is 0 Å². The maximum absolute atomic E-state index is 4.23. The molecule has 2 heterocycles. The summed E-state index contributed by atoms with van der Waals surface area (Å²) in [7, 11) is 1.93. The van der Waals surface area contributed by atoms with Gasteiger partial charge in [0.15, 0.2) is 5.13 Å². The quantitative estimate of drug-likeness (QED) is 0.932. The van der Waals surface area contributed by atoms with E-state index in [9.17, 15) is 0 Å². The molecule has 0 radical (unpaired) electrons. The molecule has 0 bridgehead atoms. The summed E-state index contributed by atoms with van der Waals surface area (Å²) in [6.07, 6.45) is 1.79. The van der Waals surface area contributed by atoms with Gasteiger partial charge >= 0.3 is 0 Å². The zero-order valence-electron chi connectivity index (χ0n) is 7.57. The molecule has 0 fully saturated rings. The number of nitrogens with zero attached hydrogens (tertiary/aromatic N) is 3. The second kappa shape index (κ2) is 4.10. The fraction of sp³-hybridized carbons (Fsp3) is 0.250. The summed E-state index contributed by atoms with van der Waals surface area (Å²) in [6.45, 7) is 0.746. The third-order valence-corrected chi connectivity index (χ3v) is 3.33. The van der Waals surface area contributed by atoms with Crippen molar-refractivity contribution in [2.24, 2.45) is 7.05 Å². The zero-order chi connectivity index (χ0) is 9.97. The molecule has 0 aliphatic rings. The average Bonchev–Trinajstić information content (AvgIpc) is 2.72. The summed E-state index contributed by atoms with van der Waals surface area (Å²) in [5.74, 6) is 0. The van der Waals surface area contributed by atoms with Gasteiger partial charge in [0.05, 0.1) is 12.2 Å². The largest absolute Gasteiger partial charge is 0.356 e. The van der Waals surface area contributed by atoms with Gasteiger partial charge in [0.2, 0.25) is 0 Å². The Morgan fingerprint density at radius 1 is 1.64 bits per heavy atom. The van der Waals surface area contributed by atoms with Crippen LogP contribution in [-0.4, -0.2) is 14.8 Å². The van der Waals surface area contributed by atoms with Gasteiger partial charge in [-0.2, -0.15) is 5.10 Å². The van der Waals surface area contributed by atoms with Crippen molar-refractivity contribution in [1.29, 1.82) is 0 Å². The highest BCUT2D eigenvalue weighted by atomic mass is 79.9. The highest BCUT2D eigenvalue weighted by molar-refractivity contribution is 9.10. The van der Waals surface area contributed by atoms with Crippen LogP contribution in [0.4, 0.5) is 5.13 Å². The Balaban J connectivity index is 1.98. The maximum atomic E-state index is 4.23. The van der Waals surface area contributed by atoms with Gasteiger partial charge in [-0.25, -0.2) is 4.98 Å². The minimum Gasteiger partial charge on any atom is -0.356 e. The molecule has 0 saturated heterocycles. The third-order valence-electron chi connectivity index (χ3n) is 1.82. The van der Waals surface area contributed by atoms with Crippen LogP contribution in [0.5, 0.6) is 0 Å². The fourth-order valence-corrected chi connectivity index (χ4v) is 2.22. The summed E-state index contributed by atoms with van der Waals surface area (Å²) in [5, 5.41) is 10.2. The standard InChI is InChI=1S/C8H9BrN4S/c1-13-6(2-3-11-13)4-10-8-12-7(9)5-14-8/h2-3,5H,4H2,1H3,(H,10,12). The lowest BCUT2D eigenvalue weighted by Gasteiger charge is -2.02. The highest BCUT2D eigenvalue weighted by Crippen LogP contribution is 2.19. The minimum atomic E-state index is 0.746. The van der Waals surface area contributed by atoms with Crippen LogP contribution in [0.15, 0.2) is 22.2 Å². The summed E-state index contributed by atoms with van der Waals surface area (Å²) in [5.41, 5.74) is 1.14. The number of hydrogen-bond acceptors (Lipinski definition) is 4. The van der Waals surface area contributed by atoms with Crippen LogP contribution in [-0.2, 0) is 13.6 Å². The summed E-state index contributed by atoms with van der Waals surface area (Å²) in [4.78, 5) is 4.23. The molecule has 2 rings (SSSR count). The normalized spacial score (nSPS) is 10.4. The SMILES string of the molecule is Cn1nccc1CNc1nc(Br)cs1. The van der Waals surface area contributed by atoms with Crippen LogP contribution < -0.4 is 5.32 Å². The molecular formula is C8H9BrN4S. The molecule has 0 atom stereocenters. The van der Waals surface area contributed by atoms with Crippen LogP contribution in [0.3, 0.4) is 0 Å². The zero-order valence-corrected chi connectivity index (χ0v) is 9.97. The summed E-state index contributed by atoms with van der Waals surface area (Å²) < 4.78 is 2.71. The van der Waals surface area contributed by atoms with E-state index in [-0.39, 0.29) is 0 Å². The first-order valence-electron chi connectivity index (χ1n) is 4.07. The predicted octanol–water partition coefficient (Wildman–Crippen LogP) is 2.25. The van der Waals surface area contributed by atoms with Crippen molar-refractivity contribution in [3.05, 3.63) is 27.9 Å². The molecule has 14 heavy (non-hydrogen) atoms. The van der Waals surface area contributed by atoms with Crippen LogP contribution in [0, 0.1) is 0 Å². The number of thiazole rings is 1. The number of rotatable bonds is 3. The molecule has 2 aromatic rings. The van der Waals surface area contributed by atoms with E-state index in [4.69, 9.17) is 0 Å². The smallest absolute Gasteiger partial charge is 0.184 e. The Labute approximate surface area is 94.1 Å². The Bertz CT molecular complexity index is 422. The van der Waals surface area contributed by atoms with E-state index in [0.717, 1.165) is 22.0 Å². The van der Waals surface area contributed by atoms with Crippen molar-refractivity contribution in [3.8, 4) is 0 Å². The van der Waals surface area contributed by atoms with E-state index in [1.165, 1.54) is 0 Å². The molecule has 0 unspecified atom stereocenters. The van der Waals surface area contributed by atoms with E-state index in [1.54, 1.807) is 17.5 Å². The molecule has 0 amide bonds. The predicted molar refractivity (Wildman–Crippen MR) is 60.3 cm³/mol. The fourth-order valence-electron chi connectivity index (χ4n) is 1.08. The van der Waals surface area contributed by atoms with Crippen molar-refractivity contribution in [2.45, 2.75) is 6.54 Å². The van der Waals surface area contributed by atoms with E-state index in [1.807, 2.05) is 23.2 Å². The molecular weight excluding hydrogens is 264 g/mol. The molecule has 0 saturated carbocycles. The first-order valence-corrected chi connectivity index (χ1v) is 5.75. The van der Waals surface area contributed by atoms with Crippen molar-refractivity contribution in [3.63, 3.8) is 0 Å². The topological polar surface area (TPSA) is 42.7 Å². The molecule has 4 nitrogen and oxygen atoms in total. The second-order valence-corrected chi connectivity index (χ2v) is 4.45. The maximum Gasteiger partial charge on any atom is 0.184 e. The molecule has 2 aromatic heterocycles. The number of aromatic nitrogens is 3. The second-order valence-electron chi connectivity index (χ2n) is 2.78. The monoisotopic (exact) mass is 272 g/mol. The van der Waals surface area contributed by atoms with Crippen molar-refractivity contribution in [2.75, 3.05) is 5.32 Å². The van der Waals surface area contributed by atoms with Crippen LogP contribution in [0.1, 0.15) is 5.69 Å². The molecule has 6 heteroatoms. The van der Waals surface area contributed by atoms with Gasteiger partial charge in [-0.3, -0.25) is 4.68 Å². The average molecular weight is 273 g/mol. The number of hydrogen-bond donors (Lipinski definition) is 1. The Hall–Kier alpha value is -0.880. The minimum absolute atomic E-state index is 0.746. The lowest BCUT2D eigenvalue weighted by Crippen LogP contribution is -2.04. The van der Waals surface area contributed by atoms with Gasteiger partial charge in [0, 0.05) is 18.6 Å².